The molecule has 0 spiro atoms. The maximum Gasteiger partial charge on any atom is 0.172 e. The number of nitrogens with zero attached hydrogens (tertiary/aromatic N) is 4. The van der Waals surface area contributed by atoms with Gasteiger partial charge in [0.15, 0.2) is 5.82 Å². The van der Waals surface area contributed by atoms with E-state index in [1.807, 2.05) is 11.5 Å². The summed E-state index contributed by atoms with van der Waals surface area (Å²) in [7, 11) is 0. The van der Waals surface area contributed by atoms with E-state index in [9.17, 15) is 0 Å². The predicted molar refractivity (Wildman–Crippen MR) is 45.2 cm³/mol. The van der Waals surface area contributed by atoms with Crippen molar-refractivity contribution in [2.45, 2.75) is 0 Å². The first-order valence-corrected chi connectivity index (χ1v) is 4.10. The molecule has 2 heterocycles. The molecule has 6 heteroatoms. The summed E-state index contributed by atoms with van der Waals surface area (Å²) in [5.74, 6) is 0.640. The number of hydrogen-bond acceptors (Lipinski definition) is 5. The van der Waals surface area contributed by atoms with E-state index in [1.165, 1.54) is 11.5 Å². The Kier molecular flexibility index (Phi) is 1.91. The molecule has 1 N–H and O–H groups in total. The minimum atomic E-state index is 0.640. The van der Waals surface area contributed by atoms with Crippen LogP contribution in [0.4, 0.5) is 0 Å². The van der Waals surface area contributed by atoms with E-state index in [-0.39, 0.29) is 0 Å². The molecule has 0 amide bonds. The summed E-state index contributed by atoms with van der Waals surface area (Å²) in [6.45, 7) is 0. The molecule has 12 heavy (non-hydrogen) atoms. The molecule has 0 atom stereocenters. The molecule has 2 rings (SSSR count). The van der Waals surface area contributed by atoms with E-state index in [0.29, 0.717) is 5.82 Å². The van der Waals surface area contributed by atoms with Gasteiger partial charge in [0.2, 0.25) is 0 Å². The topological polar surface area (TPSA) is 67.3 Å². The van der Waals surface area contributed by atoms with Crippen molar-refractivity contribution in [3.05, 3.63) is 23.0 Å². The molecule has 0 aliphatic rings. The Morgan fingerprint density at radius 3 is 3.08 bits per heavy atom. The van der Waals surface area contributed by atoms with E-state index in [0.717, 1.165) is 5.56 Å². The predicted octanol–water partition coefficient (Wildman–Crippen LogP) is 0.827. The smallest absolute Gasteiger partial charge is 0.172 e. The Balaban J connectivity index is 2.14. The molecule has 0 saturated heterocycles. The van der Waals surface area contributed by atoms with E-state index in [1.54, 1.807) is 12.3 Å². The first-order chi connectivity index (χ1) is 5.95. The first kappa shape index (κ1) is 7.11. The summed E-state index contributed by atoms with van der Waals surface area (Å²) in [4.78, 5) is 0. The van der Waals surface area contributed by atoms with Crippen molar-refractivity contribution in [2.75, 3.05) is 0 Å². The normalized spacial score (nSPS) is 11.0. The van der Waals surface area contributed by atoms with E-state index in [4.69, 9.17) is 0 Å². The van der Waals surface area contributed by atoms with Crippen LogP contribution in [0.15, 0.2) is 11.6 Å². The van der Waals surface area contributed by atoms with Crippen LogP contribution in [-0.4, -0.2) is 25.0 Å². The zero-order valence-corrected chi connectivity index (χ0v) is 6.82. The molecular weight excluding hydrogens is 174 g/mol. The van der Waals surface area contributed by atoms with Gasteiger partial charge in [-0.3, -0.25) is 0 Å². The zero-order chi connectivity index (χ0) is 8.23. The number of rotatable bonds is 2. The zero-order valence-electron chi connectivity index (χ0n) is 6.01. The lowest BCUT2D eigenvalue weighted by molar-refractivity contribution is 0.881. The number of aromatic amines is 1. The highest BCUT2D eigenvalue weighted by Crippen LogP contribution is 2.05. The summed E-state index contributed by atoms with van der Waals surface area (Å²) in [5, 5.41) is 15.1. The summed E-state index contributed by atoms with van der Waals surface area (Å²) < 4.78 is 3.95. The third kappa shape index (κ3) is 1.54. The molecule has 0 unspecified atom stereocenters. The van der Waals surface area contributed by atoms with Crippen LogP contribution in [0.3, 0.4) is 0 Å². The summed E-state index contributed by atoms with van der Waals surface area (Å²) in [6.07, 6.45) is 5.47. The lowest BCUT2D eigenvalue weighted by atomic mass is 10.3. The van der Waals surface area contributed by atoms with E-state index in [2.05, 4.69) is 25.0 Å². The summed E-state index contributed by atoms with van der Waals surface area (Å²) in [5.41, 5.74) is 1.05. The van der Waals surface area contributed by atoms with Gasteiger partial charge < -0.3 is 0 Å². The summed E-state index contributed by atoms with van der Waals surface area (Å²) >= 11 is 1.41. The van der Waals surface area contributed by atoms with Gasteiger partial charge in [-0.1, -0.05) is 0 Å². The van der Waals surface area contributed by atoms with Crippen LogP contribution in [0.2, 0.25) is 0 Å². The molecule has 0 fully saturated rings. The van der Waals surface area contributed by atoms with Gasteiger partial charge in [0, 0.05) is 17.1 Å². The average Bonchev–Trinajstić information content (AvgIpc) is 2.74. The second-order valence-electron chi connectivity index (χ2n) is 2.08. The summed E-state index contributed by atoms with van der Waals surface area (Å²) in [6, 6.07) is 0. The van der Waals surface area contributed by atoms with Gasteiger partial charge in [-0.05, 0) is 34.1 Å². The lowest BCUT2D eigenvalue weighted by Gasteiger charge is -1.79. The van der Waals surface area contributed by atoms with E-state index < -0.39 is 0 Å². The van der Waals surface area contributed by atoms with Crippen LogP contribution in [0, 0.1) is 0 Å². The largest absolute Gasteiger partial charge is 0.239 e. The highest BCUT2D eigenvalue weighted by molar-refractivity contribution is 7.03. The van der Waals surface area contributed by atoms with Gasteiger partial charge >= 0.3 is 0 Å². The van der Waals surface area contributed by atoms with Gasteiger partial charge in [-0.25, -0.2) is 9.47 Å². The number of tetrazole rings is 1. The Bertz CT molecular complexity index is 313. The highest BCUT2D eigenvalue weighted by atomic mass is 32.1. The van der Waals surface area contributed by atoms with Crippen LogP contribution in [0.1, 0.15) is 11.4 Å². The minimum absolute atomic E-state index is 0.640. The third-order valence-corrected chi connectivity index (χ3v) is 1.85. The Hall–Kier alpha value is -1.56. The molecule has 0 saturated carbocycles. The number of hydrogen-bond donors (Lipinski definition) is 1. The monoisotopic (exact) mass is 179 g/mol. The molecule has 5 nitrogen and oxygen atoms in total. The Morgan fingerprint density at radius 1 is 1.42 bits per heavy atom. The van der Waals surface area contributed by atoms with Crippen molar-refractivity contribution in [3.8, 4) is 0 Å². The van der Waals surface area contributed by atoms with Gasteiger partial charge in [0.25, 0.3) is 0 Å². The Morgan fingerprint density at radius 2 is 2.42 bits per heavy atom. The number of H-pyrrole nitrogens is 1. The number of aromatic nitrogens is 5. The van der Waals surface area contributed by atoms with Crippen LogP contribution >= 0.6 is 11.5 Å². The standard InChI is InChI=1S/C6H5N5S/c1(5-3-7-12-4-5)2-6-8-10-11-9-6/h1-4H,(H,8,9,10,11). The molecule has 0 aliphatic carbocycles. The molecule has 60 valence electrons. The minimum Gasteiger partial charge on any atom is -0.239 e. The lowest BCUT2D eigenvalue weighted by Crippen LogP contribution is -1.73. The Labute approximate surface area is 72.3 Å². The third-order valence-electron chi connectivity index (χ3n) is 1.25. The second-order valence-corrected chi connectivity index (χ2v) is 2.73. The molecule has 0 aliphatic heterocycles. The molecule has 0 radical (unpaired) electrons. The van der Waals surface area contributed by atoms with Crippen molar-refractivity contribution >= 4 is 23.7 Å². The molecule has 2 aromatic rings. The maximum absolute atomic E-state index is 3.95. The number of nitrogens with one attached hydrogen (secondary N) is 1. The van der Waals surface area contributed by atoms with Crippen LogP contribution in [-0.2, 0) is 0 Å². The van der Waals surface area contributed by atoms with Gasteiger partial charge in [-0.15, -0.1) is 5.10 Å². The SMILES string of the molecule is C(=Cc1nnn[nH]1)c1cnsc1. The molecular formula is C6H5N5S. The highest BCUT2D eigenvalue weighted by Gasteiger charge is 1.90. The van der Waals surface area contributed by atoms with Crippen molar-refractivity contribution in [1.82, 2.24) is 25.0 Å². The fourth-order valence-corrected chi connectivity index (χ4v) is 1.21. The van der Waals surface area contributed by atoms with Crippen LogP contribution in [0.5, 0.6) is 0 Å². The van der Waals surface area contributed by atoms with Crippen molar-refractivity contribution in [2.24, 2.45) is 0 Å². The average molecular weight is 179 g/mol. The van der Waals surface area contributed by atoms with Crippen molar-refractivity contribution in [3.63, 3.8) is 0 Å². The van der Waals surface area contributed by atoms with Crippen molar-refractivity contribution < 1.29 is 0 Å². The second kappa shape index (κ2) is 3.22. The fourth-order valence-electron chi connectivity index (χ4n) is 0.708. The molecule has 2 aromatic heterocycles. The molecule has 0 aromatic carbocycles. The van der Waals surface area contributed by atoms with Crippen LogP contribution in [0.25, 0.3) is 12.2 Å². The van der Waals surface area contributed by atoms with E-state index >= 15 is 0 Å². The first-order valence-electron chi connectivity index (χ1n) is 3.26. The van der Waals surface area contributed by atoms with Gasteiger partial charge in [0.05, 0.1) is 0 Å². The van der Waals surface area contributed by atoms with Gasteiger partial charge in [-0.2, -0.15) is 0 Å². The van der Waals surface area contributed by atoms with Gasteiger partial charge in [0.1, 0.15) is 0 Å². The quantitative estimate of drug-likeness (QED) is 0.741. The van der Waals surface area contributed by atoms with Crippen LogP contribution < -0.4 is 0 Å². The molecule has 0 bridgehead atoms. The fraction of sp³-hybridized carbons (Fsp3) is 0. The van der Waals surface area contributed by atoms with Crippen molar-refractivity contribution in [1.29, 1.82) is 0 Å². The maximum atomic E-state index is 3.95.